The molecule has 3 atom stereocenters. The molecule has 9 heterocycles. The summed E-state index contributed by atoms with van der Waals surface area (Å²) in [6, 6.07) is 5.85. The van der Waals surface area contributed by atoms with Crippen molar-refractivity contribution < 1.29 is 68.1 Å². The first kappa shape index (κ1) is 65.5. The van der Waals surface area contributed by atoms with E-state index in [-0.39, 0.29) is 88.2 Å². The Balaban J connectivity index is 0.000000148. The number of hydrogen-bond acceptors (Lipinski definition) is 12. The van der Waals surface area contributed by atoms with Gasteiger partial charge in [-0.3, -0.25) is 28.4 Å². The summed E-state index contributed by atoms with van der Waals surface area (Å²) in [6.45, 7) is 10.8. The van der Waals surface area contributed by atoms with E-state index in [1.54, 1.807) is 14.7 Å². The Morgan fingerprint density at radius 1 is 0.411 bits per heavy atom. The number of amides is 3. The predicted molar refractivity (Wildman–Crippen MR) is 313 cm³/mol. The summed E-state index contributed by atoms with van der Waals surface area (Å²) in [6.07, 6.45) is 4.90. The Hall–Kier alpha value is -7.47. The molecule has 3 aromatic heterocycles. The lowest BCUT2D eigenvalue weighted by molar-refractivity contribution is 0.0621. The maximum Gasteiger partial charge on any atom is 0.409 e. The molecular weight excluding hydrogens is 1200 g/mol. The number of imidazole rings is 3. The summed E-state index contributed by atoms with van der Waals surface area (Å²) in [5.41, 5.74) is 0.167. The Labute approximate surface area is 510 Å². The highest BCUT2D eigenvalue weighted by molar-refractivity contribution is 5.77. The summed E-state index contributed by atoms with van der Waals surface area (Å²) in [4.78, 5) is 92.8. The first-order valence-corrected chi connectivity index (χ1v) is 30.4. The number of rotatable bonds is 12. The van der Waals surface area contributed by atoms with Crippen molar-refractivity contribution in [2.24, 2.45) is 0 Å². The van der Waals surface area contributed by atoms with Gasteiger partial charge in [0.25, 0.3) is 0 Å². The number of halogens is 9. The molecular formula is C60H75F9N12O9. The molecule has 0 spiro atoms. The van der Waals surface area contributed by atoms with E-state index in [0.29, 0.717) is 134 Å². The van der Waals surface area contributed by atoms with Crippen LogP contribution in [0.3, 0.4) is 0 Å². The fourth-order valence-corrected chi connectivity index (χ4v) is 14.2. The molecule has 3 unspecified atom stereocenters. The van der Waals surface area contributed by atoms with Crippen molar-refractivity contribution in [1.29, 1.82) is 0 Å². The van der Waals surface area contributed by atoms with Gasteiger partial charge in [-0.2, -0.15) is 0 Å². The number of benzene rings is 3. The number of fused-ring (bicyclic) bond motifs is 3. The third-order valence-electron chi connectivity index (χ3n) is 19.1. The van der Waals surface area contributed by atoms with Crippen molar-refractivity contribution in [1.82, 2.24) is 58.1 Å². The van der Waals surface area contributed by atoms with Gasteiger partial charge >= 0.3 is 35.3 Å². The number of piperidine rings is 3. The molecule has 6 saturated heterocycles. The lowest BCUT2D eigenvalue weighted by atomic mass is 9.93. The number of H-pyrrole nitrogens is 3. The third kappa shape index (κ3) is 13.6. The van der Waals surface area contributed by atoms with Gasteiger partial charge in [-0.25, -0.2) is 68.3 Å². The Morgan fingerprint density at radius 3 is 0.878 bits per heavy atom. The lowest BCUT2D eigenvalue weighted by Gasteiger charge is -2.43. The van der Waals surface area contributed by atoms with Gasteiger partial charge in [-0.15, -0.1) is 0 Å². The molecule has 6 aliphatic rings. The molecule has 0 bridgehead atoms. The van der Waals surface area contributed by atoms with E-state index in [1.807, 2.05) is 0 Å². The Morgan fingerprint density at radius 2 is 0.644 bits per heavy atom. The number of carbonyl (C=O) groups excluding carboxylic acids is 3. The van der Waals surface area contributed by atoms with Crippen molar-refractivity contribution in [3.8, 4) is 0 Å². The van der Waals surface area contributed by atoms with Crippen LogP contribution in [0, 0.1) is 34.9 Å². The average molecular weight is 1280 g/mol. The van der Waals surface area contributed by atoms with Crippen LogP contribution >= 0.6 is 0 Å². The van der Waals surface area contributed by atoms with Gasteiger partial charge in [0.1, 0.15) is 39.8 Å². The van der Waals surface area contributed by atoms with E-state index in [1.165, 1.54) is 13.7 Å². The largest absolute Gasteiger partial charge is 0.447 e. The van der Waals surface area contributed by atoms with Crippen LogP contribution in [0.5, 0.6) is 0 Å². The summed E-state index contributed by atoms with van der Waals surface area (Å²) < 4.78 is 138. The van der Waals surface area contributed by atoms with Crippen LogP contribution in [0.1, 0.15) is 96.7 Å². The smallest absolute Gasteiger partial charge is 0.409 e. The molecule has 21 nitrogen and oxygen atoms in total. The molecule has 0 saturated carbocycles. The van der Waals surface area contributed by atoms with Crippen LogP contribution in [0.4, 0.5) is 53.9 Å². The quantitative estimate of drug-likeness (QED) is 0.0779. The van der Waals surface area contributed by atoms with Crippen LogP contribution < -0.4 is 17.1 Å². The average Bonchev–Trinajstić information content (AvgIpc) is 1.81. The Bertz CT molecular complexity index is 3380. The van der Waals surface area contributed by atoms with Gasteiger partial charge in [-0.1, -0.05) is 0 Å². The standard InChI is InChI=1S/3C20H25F3N4O3/c3*1-20(4-8-25(12-20)19(29)30-9-5-21)26-6-2-13(3-7-26)27-17-11-15(23)14(22)10-16(17)24-18(27)28/h3*10-11,13H,2-9,12H2,1H3,(H,24,28). The second-order valence-electron chi connectivity index (χ2n) is 24.8. The SMILES string of the molecule is CC1(N2CCC(n3c(=O)[nH]c4cc(F)c(F)cc43)CC2)CCN(C(=O)OCCF)C1.CC1(N2CCC(n3c(=O)[nH]c4cc(F)c(F)cc43)CC2)CCN(C(=O)OCCF)C1.CC1(N2CCC(n3c(=O)[nH]c4cc(F)c(F)cc43)CC2)CCN(C(=O)OCCF)C1. The maximum atomic E-state index is 13.7. The van der Waals surface area contributed by atoms with Gasteiger partial charge < -0.3 is 43.9 Å². The van der Waals surface area contributed by atoms with E-state index in [4.69, 9.17) is 14.2 Å². The van der Waals surface area contributed by atoms with Gasteiger partial charge in [0.15, 0.2) is 34.9 Å². The van der Waals surface area contributed by atoms with E-state index in [2.05, 4.69) is 50.4 Å². The van der Waals surface area contributed by atoms with Crippen molar-refractivity contribution in [3.63, 3.8) is 0 Å². The van der Waals surface area contributed by atoms with Gasteiger partial charge in [0.2, 0.25) is 0 Å². The number of alkyl halides is 3. The van der Waals surface area contributed by atoms with Crippen molar-refractivity contribution in [2.45, 2.75) is 113 Å². The molecule has 12 rings (SSSR count). The molecule has 492 valence electrons. The van der Waals surface area contributed by atoms with Crippen LogP contribution in [-0.2, 0) is 14.2 Å². The molecule has 6 aliphatic heterocycles. The number of likely N-dealkylation sites (tertiary alicyclic amines) is 6. The van der Waals surface area contributed by atoms with Crippen molar-refractivity contribution in [2.75, 3.05) is 118 Å². The number of nitrogens with one attached hydrogen (secondary N) is 3. The molecule has 3 amide bonds. The monoisotopic (exact) mass is 1280 g/mol. The first-order valence-electron chi connectivity index (χ1n) is 30.4. The summed E-state index contributed by atoms with van der Waals surface area (Å²) >= 11 is 0. The van der Waals surface area contributed by atoms with E-state index >= 15 is 0 Å². The van der Waals surface area contributed by atoms with Crippen LogP contribution in [-0.4, -0.2) is 211 Å². The number of hydrogen-bond donors (Lipinski definition) is 3. The summed E-state index contributed by atoms with van der Waals surface area (Å²) in [7, 11) is 0. The minimum Gasteiger partial charge on any atom is -0.447 e. The number of ether oxygens (including phenoxy) is 3. The molecule has 0 aliphatic carbocycles. The van der Waals surface area contributed by atoms with E-state index in [9.17, 15) is 68.3 Å². The molecule has 90 heavy (non-hydrogen) atoms. The number of aromatic nitrogens is 6. The molecule has 3 N–H and O–H groups in total. The molecule has 30 heteroatoms. The second-order valence-corrected chi connectivity index (χ2v) is 24.8. The predicted octanol–water partition coefficient (Wildman–Crippen LogP) is 8.45. The highest BCUT2D eigenvalue weighted by Gasteiger charge is 2.46. The summed E-state index contributed by atoms with van der Waals surface area (Å²) in [5, 5.41) is 0. The normalized spacial score (nSPS) is 23.4. The summed E-state index contributed by atoms with van der Waals surface area (Å²) in [5.74, 6) is -5.92. The lowest BCUT2D eigenvalue weighted by Crippen LogP contribution is -2.52. The zero-order valence-electron chi connectivity index (χ0n) is 50.4. The fourth-order valence-electron chi connectivity index (χ4n) is 14.2. The fraction of sp³-hybridized carbons (Fsp3) is 0.600. The van der Waals surface area contributed by atoms with Gasteiger partial charge in [-0.05, 0) is 78.6 Å². The van der Waals surface area contributed by atoms with E-state index in [0.717, 1.165) is 55.7 Å². The number of aromatic amines is 3. The van der Waals surface area contributed by atoms with Gasteiger partial charge in [0, 0.05) is 150 Å². The number of carbonyl (C=O) groups is 3. The number of nitrogens with zero attached hydrogens (tertiary/aromatic N) is 9. The van der Waals surface area contributed by atoms with Crippen LogP contribution in [0.2, 0.25) is 0 Å². The minimum absolute atomic E-state index is 0.122. The zero-order valence-corrected chi connectivity index (χ0v) is 50.4. The van der Waals surface area contributed by atoms with Crippen molar-refractivity contribution >= 4 is 51.4 Å². The molecule has 6 fully saturated rings. The highest BCUT2D eigenvalue weighted by Crippen LogP contribution is 2.38. The second kappa shape index (κ2) is 27.2. The van der Waals surface area contributed by atoms with E-state index < -0.39 is 73.2 Å². The molecule has 6 aromatic rings. The molecule has 0 radical (unpaired) electrons. The zero-order chi connectivity index (χ0) is 64.4. The minimum atomic E-state index is -0.991. The third-order valence-corrected chi connectivity index (χ3v) is 19.1. The topological polar surface area (TPSA) is 212 Å². The maximum absolute atomic E-state index is 13.7. The highest BCUT2D eigenvalue weighted by atomic mass is 19.2. The van der Waals surface area contributed by atoms with Crippen LogP contribution in [0.25, 0.3) is 33.1 Å². The Kier molecular flexibility index (Phi) is 19.8. The molecule has 3 aromatic carbocycles. The first-order chi connectivity index (χ1) is 43.0. The van der Waals surface area contributed by atoms with Crippen LogP contribution in [0.15, 0.2) is 50.8 Å². The van der Waals surface area contributed by atoms with Gasteiger partial charge in [0.05, 0.1) is 33.1 Å². The van der Waals surface area contributed by atoms with Crippen molar-refractivity contribution in [3.05, 3.63) is 103 Å².